The molecule has 0 aliphatic rings. The molecule has 0 atom stereocenters. The van der Waals surface area contributed by atoms with E-state index in [-0.39, 0.29) is 0 Å². The van der Waals surface area contributed by atoms with E-state index < -0.39 is 0 Å². The minimum atomic E-state index is 1.18. The summed E-state index contributed by atoms with van der Waals surface area (Å²) < 4.78 is 0. The van der Waals surface area contributed by atoms with Gasteiger partial charge in [-0.15, -0.1) is 0 Å². The fraction of sp³-hybridized carbons (Fsp3) is 0.833. The topological polar surface area (TPSA) is 3.24 Å². The summed E-state index contributed by atoms with van der Waals surface area (Å²) in [5.41, 5.74) is 0. The third kappa shape index (κ3) is 8.04. The van der Waals surface area contributed by atoms with E-state index >= 15 is 0 Å². The van der Waals surface area contributed by atoms with Crippen LogP contribution >= 0.6 is 0 Å². The molecule has 1 nitrogen and oxygen atoms in total. The van der Waals surface area contributed by atoms with Crippen molar-refractivity contribution in [3.63, 3.8) is 0 Å². The quantitative estimate of drug-likeness (QED) is 0.411. The van der Waals surface area contributed by atoms with Gasteiger partial charge in [-0.2, -0.15) is 0 Å². The third-order valence-corrected chi connectivity index (χ3v) is 2.40. The number of allylic oxidation sites excluding steroid dienone is 1. The average molecular weight is 183 g/mol. The van der Waals surface area contributed by atoms with Crippen molar-refractivity contribution in [2.75, 3.05) is 19.6 Å². The molecule has 0 rings (SSSR count). The first-order valence-electron chi connectivity index (χ1n) is 5.72. The van der Waals surface area contributed by atoms with Crippen molar-refractivity contribution in [1.82, 2.24) is 4.90 Å². The second kappa shape index (κ2) is 9.79. The van der Waals surface area contributed by atoms with E-state index in [0.29, 0.717) is 0 Å². The van der Waals surface area contributed by atoms with Gasteiger partial charge in [-0.25, -0.2) is 0 Å². The predicted molar refractivity (Wildman–Crippen MR) is 61.1 cm³/mol. The van der Waals surface area contributed by atoms with Crippen molar-refractivity contribution >= 4 is 0 Å². The van der Waals surface area contributed by atoms with Crippen molar-refractivity contribution in [2.45, 2.75) is 46.5 Å². The first-order valence-corrected chi connectivity index (χ1v) is 5.72. The van der Waals surface area contributed by atoms with Crippen LogP contribution in [0.3, 0.4) is 0 Å². The number of hydrogen-bond donors (Lipinski definition) is 0. The molecule has 0 radical (unpaired) electrons. The van der Waals surface area contributed by atoms with Crippen LogP contribution in [0.2, 0.25) is 0 Å². The molecule has 0 heterocycles. The molecule has 0 unspecified atom stereocenters. The van der Waals surface area contributed by atoms with Gasteiger partial charge in [0.15, 0.2) is 0 Å². The summed E-state index contributed by atoms with van der Waals surface area (Å²) in [6.45, 7) is 10.3. The van der Waals surface area contributed by atoms with Gasteiger partial charge in [0.25, 0.3) is 0 Å². The summed E-state index contributed by atoms with van der Waals surface area (Å²) in [5.74, 6) is 0. The zero-order chi connectivity index (χ0) is 9.94. The smallest absolute Gasteiger partial charge is 0.00157 e. The normalized spacial score (nSPS) is 11.7. The largest absolute Gasteiger partial charge is 0.304 e. The lowest BCUT2D eigenvalue weighted by Crippen LogP contribution is -2.23. The summed E-state index contributed by atoms with van der Waals surface area (Å²) in [5, 5.41) is 0. The lowest BCUT2D eigenvalue weighted by Gasteiger charge is -2.16. The maximum absolute atomic E-state index is 2.46. The fourth-order valence-corrected chi connectivity index (χ4v) is 1.35. The van der Waals surface area contributed by atoms with Crippen LogP contribution in [0, 0.1) is 0 Å². The Morgan fingerprint density at radius 1 is 0.923 bits per heavy atom. The Morgan fingerprint density at radius 2 is 1.54 bits per heavy atom. The molecule has 0 aromatic rings. The Balaban J connectivity index is 3.26. The first kappa shape index (κ1) is 12.7. The number of rotatable bonds is 8. The van der Waals surface area contributed by atoms with E-state index in [4.69, 9.17) is 0 Å². The highest BCUT2D eigenvalue weighted by Gasteiger charge is 1.94. The molecule has 0 saturated heterocycles. The maximum Gasteiger partial charge on any atom is 0.00157 e. The molecule has 0 N–H and O–H groups in total. The van der Waals surface area contributed by atoms with Gasteiger partial charge in [-0.3, -0.25) is 0 Å². The zero-order valence-corrected chi connectivity index (χ0v) is 9.55. The summed E-state index contributed by atoms with van der Waals surface area (Å²) in [6, 6.07) is 0. The molecule has 0 saturated carbocycles. The monoisotopic (exact) mass is 183 g/mol. The molecule has 0 aliphatic carbocycles. The van der Waals surface area contributed by atoms with Gasteiger partial charge in [-0.05, 0) is 25.9 Å². The Labute approximate surface area is 83.8 Å². The van der Waals surface area contributed by atoms with Gasteiger partial charge in [0, 0.05) is 6.54 Å². The van der Waals surface area contributed by atoms with Gasteiger partial charge in [0.05, 0.1) is 0 Å². The SMILES string of the molecule is CCCCC=CCCN(CC)CC. The molecule has 0 aromatic heterocycles. The minimum absolute atomic E-state index is 1.18. The van der Waals surface area contributed by atoms with Gasteiger partial charge < -0.3 is 4.90 Å². The molecule has 0 fully saturated rings. The third-order valence-electron chi connectivity index (χ3n) is 2.40. The molecule has 0 amide bonds. The van der Waals surface area contributed by atoms with Gasteiger partial charge in [0.2, 0.25) is 0 Å². The molecule has 0 aromatic carbocycles. The number of unbranched alkanes of at least 4 members (excludes halogenated alkanes) is 2. The highest BCUT2D eigenvalue weighted by molar-refractivity contribution is 4.82. The molecule has 1 heteroatoms. The number of nitrogens with zero attached hydrogens (tertiary/aromatic N) is 1. The Hall–Kier alpha value is -0.300. The van der Waals surface area contributed by atoms with Crippen molar-refractivity contribution in [3.05, 3.63) is 12.2 Å². The van der Waals surface area contributed by atoms with Crippen molar-refractivity contribution in [1.29, 1.82) is 0 Å². The summed E-state index contributed by atoms with van der Waals surface area (Å²) in [4.78, 5) is 2.46. The van der Waals surface area contributed by atoms with Crippen LogP contribution in [0.5, 0.6) is 0 Å². The summed E-state index contributed by atoms with van der Waals surface area (Å²) >= 11 is 0. The van der Waals surface area contributed by atoms with Gasteiger partial charge in [0.1, 0.15) is 0 Å². The maximum atomic E-state index is 2.46. The average Bonchev–Trinajstić information content (AvgIpc) is 2.17. The standard InChI is InChI=1S/C12H25N/c1-4-7-8-9-10-11-12-13(5-2)6-3/h9-10H,4-8,11-12H2,1-3H3. The Bertz CT molecular complexity index is 114. The van der Waals surface area contributed by atoms with Crippen LogP contribution in [-0.2, 0) is 0 Å². The van der Waals surface area contributed by atoms with Crippen LogP contribution in [-0.4, -0.2) is 24.5 Å². The summed E-state index contributed by atoms with van der Waals surface area (Å²) in [7, 11) is 0. The molecule has 0 spiro atoms. The highest BCUT2D eigenvalue weighted by Crippen LogP contribution is 1.97. The van der Waals surface area contributed by atoms with Crippen LogP contribution < -0.4 is 0 Å². The summed E-state index contributed by atoms with van der Waals surface area (Å²) in [6.07, 6.45) is 9.77. The molecule has 78 valence electrons. The van der Waals surface area contributed by atoms with Crippen LogP contribution in [0.1, 0.15) is 46.5 Å². The van der Waals surface area contributed by atoms with Gasteiger partial charge >= 0.3 is 0 Å². The lowest BCUT2D eigenvalue weighted by molar-refractivity contribution is 0.310. The van der Waals surface area contributed by atoms with E-state index in [1.807, 2.05) is 0 Å². The van der Waals surface area contributed by atoms with Gasteiger partial charge in [-0.1, -0.05) is 45.8 Å². The molecule has 0 aliphatic heterocycles. The van der Waals surface area contributed by atoms with E-state index in [0.717, 1.165) is 0 Å². The molecular weight excluding hydrogens is 158 g/mol. The molecule has 0 bridgehead atoms. The first-order chi connectivity index (χ1) is 6.35. The lowest BCUT2D eigenvalue weighted by atomic mass is 10.2. The highest BCUT2D eigenvalue weighted by atomic mass is 15.1. The van der Waals surface area contributed by atoms with Crippen LogP contribution in [0.4, 0.5) is 0 Å². The second-order valence-corrected chi connectivity index (χ2v) is 3.43. The van der Waals surface area contributed by atoms with Crippen LogP contribution in [0.25, 0.3) is 0 Å². The van der Waals surface area contributed by atoms with Crippen molar-refractivity contribution in [3.8, 4) is 0 Å². The van der Waals surface area contributed by atoms with E-state index in [9.17, 15) is 0 Å². The minimum Gasteiger partial charge on any atom is -0.304 e. The predicted octanol–water partition coefficient (Wildman–Crippen LogP) is 3.46. The van der Waals surface area contributed by atoms with Crippen LogP contribution in [0.15, 0.2) is 12.2 Å². The molecular formula is C12H25N. The van der Waals surface area contributed by atoms with E-state index in [2.05, 4.69) is 37.8 Å². The van der Waals surface area contributed by atoms with Crippen molar-refractivity contribution < 1.29 is 0 Å². The van der Waals surface area contributed by atoms with E-state index in [1.54, 1.807) is 0 Å². The number of hydrogen-bond acceptors (Lipinski definition) is 1. The second-order valence-electron chi connectivity index (χ2n) is 3.43. The van der Waals surface area contributed by atoms with Crippen molar-refractivity contribution in [2.24, 2.45) is 0 Å². The molecule has 13 heavy (non-hydrogen) atoms. The Kier molecular flexibility index (Phi) is 9.56. The zero-order valence-electron chi connectivity index (χ0n) is 9.55. The van der Waals surface area contributed by atoms with E-state index in [1.165, 1.54) is 45.3 Å². The Morgan fingerprint density at radius 3 is 2.08 bits per heavy atom. The fourth-order valence-electron chi connectivity index (χ4n) is 1.35.